The number of carbonyl (C=O) groups excluding carboxylic acids is 1. The highest BCUT2D eigenvalue weighted by molar-refractivity contribution is 5.91. The van der Waals surface area contributed by atoms with Crippen LogP contribution in [0.3, 0.4) is 0 Å². The van der Waals surface area contributed by atoms with Crippen LogP contribution in [0.5, 0.6) is 0 Å². The molecule has 138 valence electrons. The zero-order chi connectivity index (χ0) is 18.8. The molecule has 1 unspecified atom stereocenters. The average molecular weight is 363 g/mol. The van der Waals surface area contributed by atoms with Crippen molar-refractivity contribution in [2.45, 2.75) is 25.8 Å². The van der Waals surface area contributed by atoms with Crippen LogP contribution in [0.2, 0.25) is 0 Å². The van der Waals surface area contributed by atoms with Gasteiger partial charge in [0.1, 0.15) is 5.82 Å². The van der Waals surface area contributed by atoms with Crippen LogP contribution >= 0.6 is 0 Å². The number of rotatable bonds is 4. The third kappa shape index (κ3) is 3.51. The van der Waals surface area contributed by atoms with Crippen LogP contribution in [-0.2, 0) is 7.05 Å². The number of hydrogen-bond acceptors (Lipinski definition) is 6. The van der Waals surface area contributed by atoms with E-state index in [-0.39, 0.29) is 11.9 Å². The van der Waals surface area contributed by atoms with Crippen molar-refractivity contribution in [1.82, 2.24) is 29.4 Å². The first-order chi connectivity index (χ1) is 13.1. The minimum atomic E-state index is -0.0799. The molecule has 0 saturated carbocycles. The highest BCUT2D eigenvalue weighted by Gasteiger charge is 2.33. The monoisotopic (exact) mass is 363 g/mol. The maximum Gasteiger partial charge on any atom is 0.290 e. The predicted octanol–water partition coefficient (Wildman–Crippen LogP) is 2.63. The number of pyridine rings is 1. The topological polar surface area (TPSA) is 88.8 Å². The fraction of sp³-hybridized carbons (Fsp3) is 0.316. The molecule has 4 rings (SSSR count). The van der Waals surface area contributed by atoms with Crippen molar-refractivity contribution < 1.29 is 4.79 Å². The molecule has 1 atom stereocenters. The van der Waals surface area contributed by atoms with Crippen molar-refractivity contribution in [3.05, 3.63) is 60.1 Å². The number of imidazole rings is 1. The SMILES string of the molecule is Cc1ccc(Nc2nccc(C3CCCN3C(=O)c3nccn3C)n2)nc1. The molecule has 1 amide bonds. The van der Waals surface area contributed by atoms with Crippen molar-refractivity contribution in [2.24, 2.45) is 7.05 Å². The number of anilines is 2. The van der Waals surface area contributed by atoms with E-state index in [1.54, 1.807) is 29.4 Å². The van der Waals surface area contributed by atoms with Crippen LogP contribution in [-0.4, -0.2) is 41.9 Å². The lowest BCUT2D eigenvalue weighted by molar-refractivity contribution is 0.0717. The van der Waals surface area contributed by atoms with Gasteiger partial charge in [-0.05, 0) is 37.5 Å². The highest BCUT2D eigenvalue weighted by Crippen LogP contribution is 2.32. The molecule has 0 spiro atoms. The van der Waals surface area contributed by atoms with E-state index in [1.807, 2.05) is 37.1 Å². The van der Waals surface area contributed by atoms with E-state index < -0.39 is 0 Å². The maximum absolute atomic E-state index is 12.9. The van der Waals surface area contributed by atoms with E-state index in [1.165, 1.54) is 0 Å². The lowest BCUT2D eigenvalue weighted by Crippen LogP contribution is -2.32. The van der Waals surface area contributed by atoms with E-state index in [0.717, 1.165) is 24.1 Å². The Hall–Kier alpha value is -3.29. The van der Waals surface area contributed by atoms with Gasteiger partial charge in [-0.2, -0.15) is 0 Å². The minimum Gasteiger partial charge on any atom is -0.330 e. The van der Waals surface area contributed by atoms with Crippen molar-refractivity contribution in [1.29, 1.82) is 0 Å². The van der Waals surface area contributed by atoms with E-state index in [2.05, 4.69) is 25.3 Å². The van der Waals surface area contributed by atoms with Crippen molar-refractivity contribution in [3.8, 4) is 0 Å². The Morgan fingerprint density at radius 3 is 2.81 bits per heavy atom. The Kier molecular flexibility index (Phi) is 4.53. The third-order valence-electron chi connectivity index (χ3n) is 4.70. The summed E-state index contributed by atoms with van der Waals surface area (Å²) in [6.07, 6.45) is 8.72. The molecule has 3 aromatic heterocycles. The normalized spacial score (nSPS) is 16.5. The molecule has 8 nitrogen and oxygen atoms in total. The first kappa shape index (κ1) is 17.1. The fourth-order valence-corrected chi connectivity index (χ4v) is 3.29. The molecule has 3 aromatic rings. The van der Waals surface area contributed by atoms with Crippen LogP contribution in [0.1, 0.15) is 40.8 Å². The zero-order valence-electron chi connectivity index (χ0n) is 15.3. The first-order valence-electron chi connectivity index (χ1n) is 8.93. The lowest BCUT2D eigenvalue weighted by Gasteiger charge is -2.24. The first-order valence-corrected chi connectivity index (χ1v) is 8.93. The Balaban J connectivity index is 1.56. The Labute approximate surface area is 157 Å². The van der Waals surface area contributed by atoms with Crippen LogP contribution in [0.15, 0.2) is 43.0 Å². The number of carbonyl (C=O) groups is 1. The summed E-state index contributed by atoms with van der Waals surface area (Å²) in [5.74, 6) is 1.53. The zero-order valence-corrected chi connectivity index (χ0v) is 15.3. The second-order valence-electron chi connectivity index (χ2n) is 6.67. The Morgan fingerprint density at radius 1 is 1.19 bits per heavy atom. The molecule has 1 fully saturated rings. The number of amides is 1. The second kappa shape index (κ2) is 7.14. The molecule has 1 saturated heterocycles. The van der Waals surface area contributed by atoms with E-state index >= 15 is 0 Å². The van der Waals surface area contributed by atoms with E-state index in [0.29, 0.717) is 24.1 Å². The molecule has 0 bridgehead atoms. The number of nitrogens with zero attached hydrogens (tertiary/aromatic N) is 6. The number of likely N-dealkylation sites (tertiary alicyclic amines) is 1. The van der Waals surface area contributed by atoms with E-state index in [4.69, 9.17) is 0 Å². The van der Waals surface area contributed by atoms with Crippen molar-refractivity contribution in [3.63, 3.8) is 0 Å². The van der Waals surface area contributed by atoms with Gasteiger partial charge in [-0.25, -0.2) is 19.9 Å². The molecule has 4 heterocycles. The molecule has 0 aromatic carbocycles. The third-order valence-corrected chi connectivity index (χ3v) is 4.70. The van der Waals surface area contributed by atoms with Gasteiger partial charge in [0, 0.05) is 38.4 Å². The summed E-state index contributed by atoms with van der Waals surface area (Å²) >= 11 is 0. The molecule has 1 aliphatic rings. The number of nitrogens with one attached hydrogen (secondary N) is 1. The van der Waals surface area contributed by atoms with Gasteiger partial charge in [-0.3, -0.25) is 4.79 Å². The van der Waals surface area contributed by atoms with Crippen molar-refractivity contribution >= 4 is 17.7 Å². The van der Waals surface area contributed by atoms with Gasteiger partial charge in [0.15, 0.2) is 5.82 Å². The molecule has 1 N–H and O–H groups in total. The minimum absolute atomic E-state index is 0.0710. The summed E-state index contributed by atoms with van der Waals surface area (Å²) in [5.41, 5.74) is 1.91. The summed E-state index contributed by atoms with van der Waals surface area (Å²) in [6.45, 7) is 2.68. The van der Waals surface area contributed by atoms with Crippen molar-refractivity contribution in [2.75, 3.05) is 11.9 Å². The van der Waals surface area contributed by atoms with Crippen LogP contribution in [0.4, 0.5) is 11.8 Å². The van der Waals surface area contributed by atoms with Gasteiger partial charge in [0.05, 0.1) is 11.7 Å². The molecular formula is C19H21N7O. The molecule has 1 aliphatic heterocycles. The van der Waals surface area contributed by atoms with Crippen LogP contribution < -0.4 is 5.32 Å². The molecule has 0 radical (unpaired) electrons. The molecule has 0 aliphatic carbocycles. The summed E-state index contributed by atoms with van der Waals surface area (Å²) < 4.78 is 1.74. The molecular weight excluding hydrogens is 342 g/mol. The molecule has 27 heavy (non-hydrogen) atoms. The van der Waals surface area contributed by atoms with Crippen LogP contribution in [0.25, 0.3) is 0 Å². The van der Waals surface area contributed by atoms with Gasteiger partial charge in [0.25, 0.3) is 5.91 Å². The van der Waals surface area contributed by atoms with Gasteiger partial charge in [0.2, 0.25) is 5.95 Å². The summed E-state index contributed by atoms with van der Waals surface area (Å²) in [4.78, 5) is 32.2. The van der Waals surface area contributed by atoms with Gasteiger partial charge in [-0.15, -0.1) is 0 Å². The summed E-state index contributed by atoms with van der Waals surface area (Å²) in [7, 11) is 1.83. The summed E-state index contributed by atoms with van der Waals surface area (Å²) in [6, 6.07) is 5.65. The van der Waals surface area contributed by atoms with Gasteiger partial charge >= 0.3 is 0 Å². The second-order valence-corrected chi connectivity index (χ2v) is 6.67. The number of aryl methyl sites for hydroxylation is 2. The average Bonchev–Trinajstić information content (AvgIpc) is 3.32. The Bertz CT molecular complexity index is 951. The Morgan fingerprint density at radius 2 is 2.07 bits per heavy atom. The maximum atomic E-state index is 12.9. The van der Waals surface area contributed by atoms with Gasteiger partial charge in [-0.1, -0.05) is 6.07 Å². The predicted molar refractivity (Wildman–Crippen MR) is 101 cm³/mol. The largest absolute Gasteiger partial charge is 0.330 e. The smallest absolute Gasteiger partial charge is 0.290 e. The number of hydrogen-bond donors (Lipinski definition) is 1. The summed E-state index contributed by atoms with van der Waals surface area (Å²) in [5, 5.41) is 3.12. The van der Waals surface area contributed by atoms with Crippen LogP contribution in [0, 0.1) is 6.92 Å². The fourth-order valence-electron chi connectivity index (χ4n) is 3.29. The van der Waals surface area contributed by atoms with Gasteiger partial charge < -0.3 is 14.8 Å². The van der Waals surface area contributed by atoms with E-state index in [9.17, 15) is 4.79 Å². The number of aromatic nitrogens is 5. The highest BCUT2D eigenvalue weighted by atomic mass is 16.2. The quantitative estimate of drug-likeness (QED) is 0.766. The standard InChI is InChI=1S/C19H21N7O/c1-13-5-6-16(22-12-13)24-19-21-8-7-14(23-19)15-4-3-10-26(15)18(27)17-20-9-11-25(17)2/h5-9,11-12,15H,3-4,10H2,1-2H3,(H,21,22,23,24). The lowest BCUT2D eigenvalue weighted by atomic mass is 10.1. The molecule has 8 heteroatoms.